The van der Waals surface area contributed by atoms with Gasteiger partial charge in [-0.1, -0.05) is 11.2 Å². The zero-order valence-corrected chi connectivity index (χ0v) is 13.4. The molecule has 1 N–H and O–H groups in total. The van der Waals surface area contributed by atoms with E-state index >= 15 is 0 Å². The second-order valence-electron chi connectivity index (χ2n) is 5.71. The molecule has 5 nitrogen and oxygen atoms in total. The van der Waals surface area contributed by atoms with Crippen LogP contribution < -0.4 is 4.72 Å². The van der Waals surface area contributed by atoms with Crippen molar-refractivity contribution in [3.63, 3.8) is 0 Å². The molecule has 0 bridgehead atoms. The fraction of sp³-hybridized carbons (Fsp3) is 0.438. The molecule has 2 aromatic rings. The van der Waals surface area contributed by atoms with Gasteiger partial charge in [-0.3, -0.25) is 0 Å². The number of rotatable bonds is 5. The maximum absolute atomic E-state index is 12.4. The van der Waals surface area contributed by atoms with E-state index in [9.17, 15) is 8.42 Å². The topological polar surface area (TPSA) is 72.2 Å². The third-order valence-electron chi connectivity index (χ3n) is 3.98. The monoisotopic (exact) mass is 320 g/mol. The predicted molar refractivity (Wildman–Crippen MR) is 83.2 cm³/mol. The van der Waals surface area contributed by atoms with Gasteiger partial charge in [0.1, 0.15) is 5.76 Å². The van der Waals surface area contributed by atoms with E-state index in [0.717, 1.165) is 30.7 Å². The summed E-state index contributed by atoms with van der Waals surface area (Å²) in [5.74, 6) is 0.729. The van der Waals surface area contributed by atoms with Gasteiger partial charge in [-0.05, 0) is 55.9 Å². The van der Waals surface area contributed by atoms with Crippen LogP contribution in [-0.2, 0) is 29.3 Å². The Hall–Kier alpha value is -1.66. The van der Waals surface area contributed by atoms with E-state index in [1.165, 1.54) is 17.5 Å². The molecule has 0 fully saturated rings. The third-order valence-corrected chi connectivity index (χ3v) is 5.44. The van der Waals surface area contributed by atoms with E-state index in [4.69, 9.17) is 4.52 Å². The fourth-order valence-corrected chi connectivity index (χ4v) is 3.89. The summed E-state index contributed by atoms with van der Waals surface area (Å²) in [6.45, 7) is 2.12. The number of hydrogen-bond acceptors (Lipinski definition) is 4. The Kier molecular flexibility index (Phi) is 4.31. The normalized spacial score (nSPS) is 14.8. The average molecular weight is 320 g/mol. The Morgan fingerprint density at radius 2 is 1.95 bits per heavy atom. The lowest BCUT2D eigenvalue weighted by atomic mass is 9.92. The molecule has 1 aliphatic rings. The Morgan fingerprint density at radius 3 is 2.68 bits per heavy atom. The van der Waals surface area contributed by atoms with Crippen molar-refractivity contribution in [2.75, 3.05) is 6.54 Å². The third kappa shape index (κ3) is 3.39. The highest BCUT2D eigenvalue weighted by molar-refractivity contribution is 7.89. The minimum absolute atomic E-state index is 0.311. The second-order valence-corrected chi connectivity index (χ2v) is 7.48. The summed E-state index contributed by atoms with van der Waals surface area (Å²) in [7, 11) is -3.47. The van der Waals surface area contributed by atoms with Crippen molar-refractivity contribution in [3.8, 4) is 0 Å². The Morgan fingerprint density at radius 1 is 1.18 bits per heavy atom. The highest BCUT2D eigenvalue weighted by Crippen LogP contribution is 2.24. The first-order chi connectivity index (χ1) is 10.5. The van der Waals surface area contributed by atoms with E-state index in [2.05, 4.69) is 9.88 Å². The van der Waals surface area contributed by atoms with Gasteiger partial charge in [0.25, 0.3) is 0 Å². The van der Waals surface area contributed by atoms with Gasteiger partial charge in [0, 0.05) is 19.0 Å². The molecular formula is C16H20N2O3S. The summed E-state index contributed by atoms with van der Waals surface area (Å²) in [6, 6.07) is 7.28. The highest BCUT2D eigenvalue weighted by Gasteiger charge is 2.17. The number of aryl methyl sites for hydroxylation is 3. The van der Waals surface area contributed by atoms with Crippen LogP contribution in [0.1, 0.15) is 35.4 Å². The first-order valence-electron chi connectivity index (χ1n) is 7.58. The van der Waals surface area contributed by atoms with Crippen LogP contribution in [0.25, 0.3) is 0 Å². The largest absolute Gasteiger partial charge is 0.361 e. The van der Waals surface area contributed by atoms with Crippen LogP contribution in [0.2, 0.25) is 0 Å². The first-order valence-corrected chi connectivity index (χ1v) is 9.06. The van der Waals surface area contributed by atoms with Crippen molar-refractivity contribution in [1.82, 2.24) is 9.88 Å². The van der Waals surface area contributed by atoms with Crippen LogP contribution in [0.15, 0.2) is 33.7 Å². The molecule has 0 saturated heterocycles. The molecule has 0 saturated carbocycles. The molecule has 118 valence electrons. The number of hydrogen-bond donors (Lipinski definition) is 1. The number of nitrogens with one attached hydrogen (secondary N) is 1. The van der Waals surface area contributed by atoms with Crippen LogP contribution in [0.3, 0.4) is 0 Å². The molecule has 0 aliphatic heterocycles. The van der Waals surface area contributed by atoms with Gasteiger partial charge < -0.3 is 4.52 Å². The van der Waals surface area contributed by atoms with Crippen molar-refractivity contribution in [2.24, 2.45) is 0 Å². The molecule has 3 rings (SSSR count). The van der Waals surface area contributed by atoms with Crippen molar-refractivity contribution in [3.05, 3.63) is 46.8 Å². The number of aromatic nitrogens is 1. The van der Waals surface area contributed by atoms with Crippen molar-refractivity contribution in [1.29, 1.82) is 0 Å². The summed E-state index contributed by atoms with van der Waals surface area (Å²) >= 11 is 0. The van der Waals surface area contributed by atoms with Gasteiger partial charge >= 0.3 is 0 Å². The Labute approximate surface area is 130 Å². The SMILES string of the molecule is Cc1cc(CCNS(=O)(=O)c2ccc3c(c2)CCCC3)no1. The zero-order chi connectivity index (χ0) is 15.6. The van der Waals surface area contributed by atoms with Crippen molar-refractivity contribution >= 4 is 10.0 Å². The van der Waals surface area contributed by atoms with E-state index in [0.29, 0.717) is 17.9 Å². The van der Waals surface area contributed by atoms with Gasteiger partial charge in [-0.2, -0.15) is 0 Å². The van der Waals surface area contributed by atoms with E-state index in [1.807, 2.05) is 25.1 Å². The lowest BCUT2D eigenvalue weighted by molar-refractivity contribution is 0.390. The van der Waals surface area contributed by atoms with Crippen LogP contribution in [0.4, 0.5) is 0 Å². The summed E-state index contributed by atoms with van der Waals surface area (Å²) in [5.41, 5.74) is 3.20. The zero-order valence-electron chi connectivity index (χ0n) is 12.6. The quantitative estimate of drug-likeness (QED) is 0.918. The van der Waals surface area contributed by atoms with Gasteiger partial charge in [0.05, 0.1) is 10.6 Å². The van der Waals surface area contributed by atoms with Crippen LogP contribution in [0.5, 0.6) is 0 Å². The van der Waals surface area contributed by atoms with Crippen LogP contribution >= 0.6 is 0 Å². The van der Waals surface area contributed by atoms with Gasteiger partial charge in [-0.15, -0.1) is 0 Å². The van der Waals surface area contributed by atoms with E-state index < -0.39 is 10.0 Å². The summed E-state index contributed by atoms with van der Waals surface area (Å²) in [6.07, 6.45) is 4.86. The Balaban J connectivity index is 1.67. The molecule has 0 amide bonds. The number of sulfonamides is 1. The molecule has 1 aliphatic carbocycles. The van der Waals surface area contributed by atoms with Crippen LogP contribution in [0, 0.1) is 6.92 Å². The number of nitrogens with zero attached hydrogens (tertiary/aromatic N) is 1. The smallest absolute Gasteiger partial charge is 0.240 e. The number of benzene rings is 1. The predicted octanol–water partition coefficient (Wildman–Crippen LogP) is 2.38. The van der Waals surface area contributed by atoms with Gasteiger partial charge in [-0.25, -0.2) is 13.1 Å². The molecule has 0 atom stereocenters. The fourth-order valence-electron chi connectivity index (χ4n) is 2.81. The van der Waals surface area contributed by atoms with E-state index in [1.54, 1.807) is 6.07 Å². The lowest BCUT2D eigenvalue weighted by Crippen LogP contribution is -2.26. The number of fused-ring (bicyclic) bond motifs is 1. The highest BCUT2D eigenvalue weighted by atomic mass is 32.2. The minimum Gasteiger partial charge on any atom is -0.361 e. The summed E-state index contributed by atoms with van der Waals surface area (Å²) < 4.78 is 32.3. The molecule has 0 unspecified atom stereocenters. The van der Waals surface area contributed by atoms with Crippen molar-refractivity contribution in [2.45, 2.75) is 43.9 Å². The van der Waals surface area contributed by atoms with Gasteiger partial charge in [0.2, 0.25) is 10.0 Å². The molecule has 0 radical (unpaired) electrons. The van der Waals surface area contributed by atoms with Crippen molar-refractivity contribution < 1.29 is 12.9 Å². The molecule has 1 heterocycles. The van der Waals surface area contributed by atoms with Crippen LogP contribution in [-0.4, -0.2) is 20.1 Å². The molecule has 1 aromatic carbocycles. The molecule has 1 aromatic heterocycles. The maximum atomic E-state index is 12.4. The summed E-state index contributed by atoms with van der Waals surface area (Å²) in [5, 5.41) is 3.86. The average Bonchev–Trinajstić information content (AvgIpc) is 2.92. The lowest BCUT2D eigenvalue weighted by Gasteiger charge is -2.16. The standard InChI is InChI=1S/C16H20N2O3S/c1-12-10-15(18-21-12)8-9-17-22(19,20)16-7-6-13-4-2-3-5-14(13)11-16/h6-7,10-11,17H,2-5,8-9H2,1H3. The second kappa shape index (κ2) is 6.22. The Bertz CT molecular complexity index is 765. The molecule has 22 heavy (non-hydrogen) atoms. The maximum Gasteiger partial charge on any atom is 0.240 e. The molecule has 6 heteroatoms. The molecular weight excluding hydrogens is 300 g/mol. The summed E-state index contributed by atoms with van der Waals surface area (Å²) in [4.78, 5) is 0.351. The van der Waals surface area contributed by atoms with Gasteiger partial charge in [0.15, 0.2) is 0 Å². The molecule has 0 spiro atoms. The minimum atomic E-state index is -3.47. The first kappa shape index (κ1) is 15.2. The van der Waals surface area contributed by atoms with E-state index in [-0.39, 0.29) is 0 Å².